The predicted octanol–water partition coefficient (Wildman–Crippen LogP) is 1.94. The van der Waals surface area contributed by atoms with Crippen LogP contribution in [0.15, 0.2) is 24.3 Å². The number of unbranched alkanes of at least 4 members (excludes halogenated alkanes) is 1. The van der Waals surface area contributed by atoms with Crippen LogP contribution in [0.25, 0.3) is 0 Å². The number of carbonyl (C=O) groups is 3. The molecule has 0 bridgehead atoms. The van der Waals surface area contributed by atoms with Crippen molar-refractivity contribution in [1.82, 2.24) is 0 Å². The summed E-state index contributed by atoms with van der Waals surface area (Å²) in [6, 6.07) is 5.63. The van der Waals surface area contributed by atoms with Crippen molar-refractivity contribution >= 4 is 17.9 Å². The highest BCUT2D eigenvalue weighted by Crippen LogP contribution is 2.14. The fourth-order valence-corrected chi connectivity index (χ4v) is 1.42. The quantitative estimate of drug-likeness (QED) is 0.444. The third-order valence-electron chi connectivity index (χ3n) is 2.33. The van der Waals surface area contributed by atoms with E-state index >= 15 is 0 Å². The average Bonchev–Trinajstić information content (AvgIpc) is 2.34. The number of carboxylic acids is 2. The highest BCUT2D eigenvalue weighted by Gasteiger charge is 2.08. The maximum atomic E-state index is 11.4. The number of hydrogen-bond acceptors (Lipinski definition) is 4. The van der Waals surface area contributed by atoms with Gasteiger partial charge in [0, 0.05) is 12.8 Å². The van der Waals surface area contributed by atoms with E-state index in [4.69, 9.17) is 14.9 Å². The number of rotatable bonds is 7. The van der Waals surface area contributed by atoms with Gasteiger partial charge < -0.3 is 14.9 Å². The summed E-state index contributed by atoms with van der Waals surface area (Å²) in [6.45, 7) is 0. The largest absolute Gasteiger partial charge is 0.481 e. The molecule has 0 aliphatic rings. The Morgan fingerprint density at radius 3 is 2.37 bits per heavy atom. The highest BCUT2D eigenvalue weighted by molar-refractivity contribution is 5.88. The molecule has 0 radical (unpaired) electrons. The predicted molar refractivity (Wildman–Crippen MR) is 65.1 cm³/mol. The molecule has 6 heteroatoms. The minimum Gasteiger partial charge on any atom is -0.481 e. The molecule has 0 heterocycles. The molecule has 0 atom stereocenters. The summed E-state index contributed by atoms with van der Waals surface area (Å²) in [4.78, 5) is 32.4. The summed E-state index contributed by atoms with van der Waals surface area (Å²) < 4.78 is 4.96. The Labute approximate surface area is 109 Å². The van der Waals surface area contributed by atoms with Crippen molar-refractivity contribution in [1.29, 1.82) is 0 Å². The fraction of sp³-hybridized carbons (Fsp3) is 0.308. The van der Waals surface area contributed by atoms with E-state index in [9.17, 15) is 14.4 Å². The van der Waals surface area contributed by atoms with Crippen LogP contribution >= 0.6 is 0 Å². The van der Waals surface area contributed by atoms with Crippen LogP contribution in [0.5, 0.6) is 5.75 Å². The molecule has 19 heavy (non-hydrogen) atoms. The van der Waals surface area contributed by atoms with Gasteiger partial charge >= 0.3 is 17.9 Å². The van der Waals surface area contributed by atoms with Crippen molar-refractivity contribution in [2.24, 2.45) is 0 Å². The third-order valence-corrected chi connectivity index (χ3v) is 2.33. The van der Waals surface area contributed by atoms with Crippen LogP contribution in [0.3, 0.4) is 0 Å². The Kier molecular flexibility index (Phi) is 5.53. The van der Waals surface area contributed by atoms with Gasteiger partial charge in [-0.1, -0.05) is 6.07 Å². The number of esters is 1. The van der Waals surface area contributed by atoms with Gasteiger partial charge in [-0.3, -0.25) is 9.59 Å². The molecule has 0 saturated carbocycles. The van der Waals surface area contributed by atoms with Crippen molar-refractivity contribution in [3.63, 3.8) is 0 Å². The standard InChI is InChI=1S/C13H14O6/c14-11(15)6-1-2-7-12(16)19-10-5-3-4-9(8-10)13(17)18/h3-5,8H,1-2,6-7H2,(H,14,15)(H,17,18). The molecular formula is C13H14O6. The normalized spacial score (nSPS) is 9.89. The van der Waals surface area contributed by atoms with Crippen molar-refractivity contribution < 1.29 is 29.3 Å². The van der Waals surface area contributed by atoms with Gasteiger partial charge in [-0.25, -0.2) is 4.79 Å². The van der Waals surface area contributed by atoms with Crippen LogP contribution in [0.1, 0.15) is 36.0 Å². The van der Waals surface area contributed by atoms with Gasteiger partial charge in [0.15, 0.2) is 0 Å². The molecule has 1 aromatic carbocycles. The van der Waals surface area contributed by atoms with E-state index in [0.717, 1.165) is 0 Å². The maximum Gasteiger partial charge on any atom is 0.335 e. The minimum absolute atomic E-state index is 0.0157. The van der Waals surface area contributed by atoms with E-state index in [1.165, 1.54) is 24.3 Å². The van der Waals surface area contributed by atoms with E-state index in [1.54, 1.807) is 0 Å². The molecule has 0 spiro atoms. The zero-order valence-corrected chi connectivity index (χ0v) is 10.2. The zero-order chi connectivity index (χ0) is 14.3. The summed E-state index contributed by atoms with van der Waals surface area (Å²) in [5, 5.41) is 17.2. The van der Waals surface area contributed by atoms with Crippen LogP contribution in [-0.4, -0.2) is 28.1 Å². The van der Waals surface area contributed by atoms with Gasteiger partial charge in [-0.15, -0.1) is 0 Å². The number of hydrogen-bond donors (Lipinski definition) is 2. The zero-order valence-electron chi connectivity index (χ0n) is 10.2. The topological polar surface area (TPSA) is 101 Å². The summed E-state index contributed by atoms with van der Waals surface area (Å²) in [6.07, 6.45) is 0.940. The molecule has 2 N–H and O–H groups in total. The summed E-state index contributed by atoms with van der Waals surface area (Å²) in [7, 11) is 0. The van der Waals surface area contributed by atoms with E-state index < -0.39 is 17.9 Å². The van der Waals surface area contributed by atoms with Gasteiger partial charge in [-0.05, 0) is 31.0 Å². The maximum absolute atomic E-state index is 11.4. The first kappa shape index (κ1) is 14.7. The molecule has 102 valence electrons. The van der Waals surface area contributed by atoms with Crippen LogP contribution in [0, 0.1) is 0 Å². The first-order valence-corrected chi connectivity index (χ1v) is 5.75. The summed E-state index contributed by atoms with van der Waals surface area (Å²) >= 11 is 0. The Balaban J connectivity index is 2.42. The number of aromatic carboxylic acids is 1. The van der Waals surface area contributed by atoms with Crippen molar-refractivity contribution in [3.05, 3.63) is 29.8 Å². The second-order valence-electron chi connectivity index (χ2n) is 3.91. The third kappa shape index (κ3) is 5.67. The molecule has 1 aromatic rings. The molecule has 0 aromatic heterocycles. The van der Waals surface area contributed by atoms with Crippen LogP contribution in [-0.2, 0) is 9.59 Å². The number of carbonyl (C=O) groups excluding carboxylic acids is 1. The van der Waals surface area contributed by atoms with Crippen molar-refractivity contribution in [2.75, 3.05) is 0 Å². The highest BCUT2D eigenvalue weighted by atomic mass is 16.5. The van der Waals surface area contributed by atoms with Crippen LogP contribution < -0.4 is 4.74 Å². The molecule has 0 aliphatic heterocycles. The smallest absolute Gasteiger partial charge is 0.335 e. The van der Waals surface area contributed by atoms with Crippen molar-refractivity contribution in [3.8, 4) is 5.75 Å². The van der Waals surface area contributed by atoms with E-state index in [1.807, 2.05) is 0 Å². The fourth-order valence-electron chi connectivity index (χ4n) is 1.42. The van der Waals surface area contributed by atoms with Gasteiger partial charge in [0.05, 0.1) is 5.56 Å². The Morgan fingerprint density at radius 2 is 1.74 bits per heavy atom. The molecule has 1 rings (SSSR count). The Morgan fingerprint density at radius 1 is 1.05 bits per heavy atom. The number of carboxylic acid groups (broad SMARTS) is 2. The number of ether oxygens (including phenoxy) is 1. The first-order valence-electron chi connectivity index (χ1n) is 5.75. The molecular weight excluding hydrogens is 252 g/mol. The van der Waals surface area contributed by atoms with Gasteiger partial charge in [-0.2, -0.15) is 0 Å². The Bertz CT molecular complexity index is 480. The van der Waals surface area contributed by atoms with E-state index in [0.29, 0.717) is 12.8 Å². The molecule has 0 unspecified atom stereocenters. The van der Waals surface area contributed by atoms with E-state index in [2.05, 4.69) is 0 Å². The molecule has 0 amide bonds. The second-order valence-corrected chi connectivity index (χ2v) is 3.91. The monoisotopic (exact) mass is 266 g/mol. The van der Waals surface area contributed by atoms with Crippen LogP contribution in [0.2, 0.25) is 0 Å². The summed E-state index contributed by atoms with van der Waals surface area (Å²) in [5.74, 6) is -2.34. The number of aliphatic carboxylic acids is 1. The van der Waals surface area contributed by atoms with Gasteiger partial charge in [0.1, 0.15) is 5.75 Å². The Hall–Kier alpha value is -2.37. The molecule has 6 nitrogen and oxygen atoms in total. The average molecular weight is 266 g/mol. The lowest BCUT2D eigenvalue weighted by atomic mass is 10.2. The van der Waals surface area contributed by atoms with Gasteiger partial charge in [0.25, 0.3) is 0 Å². The minimum atomic E-state index is -1.10. The SMILES string of the molecule is O=C(O)CCCCC(=O)Oc1cccc(C(=O)O)c1. The molecule has 0 saturated heterocycles. The lowest BCUT2D eigenvalue weighted by Crippen LogP contribution is -2.08. The number of benzene rings is 1. The first-order chi connectivity index (χ1) is 8.99. The van der Waals surface area contributed by atoms with E-state index in [-0.39, 0.29) is 24.2 Å². The lowest BCUT2D eigenvalue weighted by molar-refractivity contribution is -0.138. The summed E-state index contributed by atoms with van der Waals surface area (Å²) in [5.41, 5.74) is 0.0381. The lowest BCUT2D eigenvalue weighted by Gasteiger charge is -2.04. The van der Waals surface area contributed by atoms with Crippen molar-refractivity contribution in [2.45, 2.75) is 25.7 Å². The van der Waals surface area contributed by atoms with Crippen LogP contribution in [0.4, 0.5) is 0 Å². The molecule has 0 fully saturated rings. The second kappa shape index (κ2) is 7.15. The van der Waals surface area contributed by atoms with Gasteiger partial charge in [0.2, 0.25) is 0 Å². The molecule has 0 aliphatic carbocycles.